The van der Waals surface area contributed by atoms with Crippen molar-refractivity contribution in [3.63, 3.8) is 0 Å². The maximum absolute atomic E-state index is 13.0. The lowest BCUT2D eigenvalue weighted by atomic mass is 9.96. The van der Waals surface area contributed by atoms with Crippen molar-refractivity contribution in [2.24, 2.45) is 11.8 Å². The summed E-state index contributed by atoms with van der Waals surface area (Å²) in [6, 6.07) is 7.66. The number of fused-ring (bicyclic) bond motifs is 8. The SMILES string of the molecule is CCN1CCN(C(=O)C2CN(c3c4c(nc5ccnn35)CCN(C)CC4)C2)CC1.CN1CCc2nc3ccnn3c(Cl)c2CC1.CN1CCc2nc3ccnn3c(N3CC(C(=O)O)C3)c2CC1.Clc1c2c(nc3ccnn13)CCNCC2. The third-order valence-electron chi connectivity index (χ3n) is 17.4. The van der Waals surface area contributed by atoms with E-state index in [1.807, 2.05) is 39.5 Å². The molecule has 0 unspecified atom stereocenters. The third kappa shape index (κ3) is 11.4. The molecule has 0 atom stereocenters. The second-order valence-electron chi connectivity index (χ2n) is 22.7. The number of amides is 1. The summed E-state index contributed by atoms with van der Waals surface area (Å²) in [6.07, 6.45) is 14.6. The van der Waals surface area contributed by atoms with E-state index in [9.17, 15) is 9.59 Å². The van der Waals surface area contributed by atoms with E-state index < -0.39 is 5.97 Å². The Morgan fingerprint density at radius 1 is 0.500 bits per heavy atom. The first-order valence-corrected chi connectivity index (χ1v) is 29.9. The van der Waals surface area contributed by atoms with Crippen LogP contribution < -0.4 is 15.1 Å². The van der Waals surface area contributed by atoms with Crippen LogP contribution in [0, 0.1) is 11.8 Å². The van der Waals surface area contributed by atoms with Crippen LogP contribution in [0.15, 0.2) is 49.1 Å². The summed E-state index contributed by atoms with van der Waals surface area (Å²) < 4.78 is 7.25. The number of nitrogens with zero attached hydrogens (tertiary/aromatic N) is 19. The number of aromatic nitrogens is 12. The van der Waals surface area contributed by atoms with Gasteiger partial charge in [0.25, 0.3) is 0 Å². The number of piperazine rings is 1. The van der Waals surface area contributed by atoms with Crippen molar-refractivity contribution in [1.29, 1.82) is 0 Å². The molecule has 23 nitrogen and oxygen atoms in total. The predicted molar refractivity (Wildman–Crippen MR) is 315 cm³/mol. The molecule has 7 aliphatic rings. The summed E-state index contributed by atoms with van der Waals surface area (Å²) in [6.45, 7) is 17.7. The molecule has 3 saturated heterocycles. The molecule has 8 aromatic rings. The standard InChI is InChI=1S/C21H31N7O.C15H19N5O2.C11H13ClN4.C10H11ClN4/c1-3-25-10-12-26(13-11-25)21(29)16-14-27(15-16)20-17-5-8-24(2)9-6-18(17)23-19-4-7-22-28(19)20;1-18-6-3-11-12(4-7-18)17-13-2-5-16-20(13)14(11)19-8-10(9-19)15(21)22;1-15-6-3-8-9(4-7-15)14-10-2-5-13-16(10)11(8)12;11-10-7-1-4-12-5-2-8(7)14-9-3-6-13-15(9)10/h4,7,16H,3,5-6,8-15H2,1-2H3;2,5,10H,3-4,6-9H2,1H3,(H,21,22);2,5H,3-4,6-7H2,1H3;3,6,12H,1-2,4-5H2. The van der Waals surface area contributed by atoms with Gasteiger partial charge in [-0.3, -0.25) is 9.59 Å². The van der Waals surface area contributed by atoms with Gasteiger partial charge < -0.3 is 44.7 Å². The number of nitrogens with one attached hydrogen (secondary N) is 1. The summed E-state index contributed by atoms with van der Waals surface area (Å²) in [5.41, 5.74) is 12.8. The molecular formula is C57H74Cl2N20O3. The zero-order valence-electron chi connectivity index (χ0n) is 47.5. The van der Waals surface area contributed by atoms with Gasteiger partial charge in [0, 0.05) is 170 Å². The quantitative estimate of drug-likeness (QED) is 0.237. The Labute approximate surface area is 486 Å². The molecule has 15 rings (SSSR count). The zero-order valence-corrected chi connectivity index (χ0v) is 49.0. The van der Waals surface area contributed by atoms with Crippen LogP contribution in [0.25, 0.3) is 22.6 Å². The number of halogens is 2. The number of carbonyl (C=O) groups is 2. The van der Waals surface area contributed by atoms with Gasteiger partial charge in [-0.1, -0.05) is 30.1 Å². The highest BCUT2D eigenvalue weighted by Crippen LogP contribution is 2.35. The summed E-state index contributed by atoms with van der Waals surface area (Å²) in [5.74, 6) is 1.64. The van der Waals surface area contributed by atoms with Gasteiger partial charge in [-0.15, -0.1) is 0 Å². The maximum atomic E-state index is 13.0. The van der Waals surface area contributed by atoms with Crippen molar-refractivity contribution in [3.05, 3.63) is 104 Å². The Morgan fingerprint density at radius 2 is 0.878 bits per heavy atom. The van der Waals surface area contributed by atoms with Gasteiger partial charge in [0.05, 0.1) is 59.4 Å². The minimum atomic E-state index is -0.715. The zero-order chi connectivity index (χ0) is 56.6. The molecule has 8 aromatic heterocycles. The lowest BCUT2D eigenvalue weighted by Gasteiger charge is -2.44. The molecule has 0 aliphatic carbocycles. The Hall–Kier alpha value is -6.60. The van der Waals surface area contributed by atoms with E-state index in [2.05, 4.69) is 98.0 Å². The van der Waals surface area contributed by atoms with E-state index in [0.29, 0.717) is 24.1 Å². The molecule has 2 N–H and O–H groups in total. The number of likely N-dealkylation sites (N-methyl/N-ethyl adjacent to an activating group) is 4. The van der Waals surface area contributed by atoms with E-state index >= 15 is 0 Å². The Bertz CT molecular complexity index is 3600. The fourth-order valence-electron chi connectivity index (χ4n) is 12.3. The number of aliphatic carboxylic acids is 1. The molecular weight excluding hydrogens is 1080 g/mol. The summed E-state index contributed by atoms with van der Waals surface area (Å²) >= 11 is 12.7. The Kier molecular flexibility index (Phi) is 16.6. The molecule has 15 heterocycles. The fraction of sp³-hybridized carbons (Fsp3) is 0.544. The van der Waals surface area contributed by atoms with Gasteiger partial charge in [-0.25, -0.2) is 29.0 Å². The summed E-state index contributed by atoms with van der Waals surface area (Å²) in [4.78, 5) is 58.9. The molecule has 0 radical (unpaired) electrons. The van der Waals surface area contributed by atoms with Crippen molar-refractivity contribution >= 4 is 69.3 Å². The van der Waals surface area contributed by atoms with Gasteiger partial charge in [0.2, 0.25) is 5.91 Å². The third-order valence-corrected chi connectivity index (χ3v) is 18.2. The van der Waals surface area contributed by atoms with Crippen LogP contribution in [0.3, 0.4) is 0 Å². The Morgan fingerprint density at radius 3 is 1.34 bits per heavy atom. The number of hydrogen-bond acceptors (Lipinski definition) is 17. The number of hydrogen-bond donors (Lipinski definition) is 2. The molecule has 0 spiro atoms. The van der Waals surface area contributed by atoms with E-state index in [4.69, 9.17) is 38.3 Å². The summed E-state index contributed by atoms with van der Waals surface area (Å²) in [5, 5.41) is 31.2. The molecule has 82 heavy (non-hydrogen) atoms. The predicted octanol–water partition coefficient (Wildman–Crippen LogP) is 3.12. The van der Waals surface area contributed by atoms with Crippen LogP contribution in [0.2, 0.25) is 10.3 Å². The van der Waals surface area contributed by atoms with Crippen LogP contribution >= 0.6 is 23.2 Å². The summed E-state index contributed by atoms with van der Waals surface area (Å²) in [7, 11) is 6.43. The molecule has 0 saturated carbocycles. The lowest BCUT2D eigenvalue weighted by Crippen LogP contribution is -2.58. The monoisotopic (exact) mass is 1160 g/mol. The van der Waals surface area contributed by atoms with Crippen LogP contribution in [-0.2, 0) is 61.0 Å². The van der Waals surface area contributed by atoms with E-state index in [1.165, 1.54) is 16.8 Å². The average molecular weight is 1160 g/mol. The van der Waals surface area contributed by atoms with Crippen LogP contribution in [0.4, 0.5) is 11.6 Å². The highest BCUT2D eigenvalue weighted by Gasteiger charge is 2.40. The molecule has 7 aliphatic heterocycles. The van der Waals surface area contributed by atoms with Crippen LogP contribution in [-0.4, -0.2) is 232 Å². The van der Waals surface area contributed by atoms with Crippen molar-refractivity contribution in [2.75, 3.05) is 142 Å². The normalized spacial score (nSPS) is 19.4. The van der Waals surface area contributed by atoms with Crippen LogP contribution in [0.5, 0.6) is 0 Å². The van der Waals surface area contributed by atoms with E-state index in [0.717, 1.165) is 217 Å². The number of carbonyl (C=O) groups excluding carboxylic acids is 1. The van der Waals surface area contributed by atoms with Crippen molar-refractivity contribution < 1.29 is 14.7 Å². The first-order valence-electron chi connectivity index (χ1n) is 29.1. The Balaban J connectivity index is 0.000000112. The molecule has 0 bridgehead atoms. The smallest absolute Gasteiger partial charge is 0.310 e. The van der Waals surface area contributed by atoms with Gasteiger partial charge >= 0.3 is 5.97 Å². The second-order valence-corrected chi connectivity index (χ2v) is 23.5. The molecule has 3 fully saturated rings. The molecule has 1 amide bonds. The number of anilines is 2. The molecule has 25 heteroatoms. The lowest BCUT2D eigenvalue weighted by molar-refractivity contribution is -0.142. The molecule has 434 valence electrons. The maximum Gasteiger partial charge on any atom is 0.310 e. The van der Waals surface area contributed by atoms with Crippen molar-refractivity contribution in [3.8, 4) is 0 Å². The average Bonchev–Trinajstić information content (AvgIpc) is 2.80. The van der Waals surface area contributed by atoms with Gasteiger partial charge in [-0.05, 0) is 59.9 Å². The van der Waals surface area contributed by atoms with Crippen molar-refractivity contribution in [2.45, 2.75) is 58.3 Å². The van der Waals surface area contributed by atoms with E-state index in [1.54, 1.807) is 27.6 Å². The largest absolute Gasteiger partial charge is 0.481 e. The van der Waals surface area contributed by atoms with Gasteiger partial charge in [-0.2, -0.15) is 29.4 Å². The topological polar surface area (TPSA) is 210 Å². The number of rotatable bonds is 5. The second kappa shape index (κ2) is 24.3. The highest BCUT2D eigenvalue weighted by molar-refractivity contribution is 6.30. The highest BCUT2D eigenvalue weighted by atomic mass is 35.5. The van der Waals surface area contributed by atoms with Crippen LogP contribution in [0.1, 0.15) is 52.0 Å². The minimum Gasteiger partial charge on any atom is -0.481 e. The number of carboxylic acids is 1. The van der Waals surface area contributed by atoms with Gasteiger partial charge in [0.1, 0.15) is 21.9 Å². The first kappa shape index (κ1) is 55.9. The fourth-order valence-corrected chi connectivity index (χ4v) is 13.0. The van der Waals surface area contributed by atoms with Gasteiger partial charge in [0.15, 0.2) is 22.6 Å². The first-order chi connectivity index (χ1) is 39.9. The minimum absolute atomic E-state index is 0.103. The van der Waals surface area contributed by atoms with Crippen molar-refractivity contribution in [1.82, 2.24) is 88.2 Å². The number of carboxylic acid groups (broad SMARTS) is 1. The molecule has 0 aromatic carbocycles. The van der Waals surface area contributed by atoms with E-state index in [-0.39, 0.29) is 11.8 Å².